The van der Waals surface area contributed by atoms with E-state index in [1.54, 1.807) is 18.8 Å². The zero-order valence-electron chi connectivity index (χ0n) is 22.7. The number of imidazole rings is 1. The van der Waals surface area contributed by atoms with Gasteiger partial charge < -0.3 is 41.2 Å². The number of nitrogens with one attached hydrogen (secondary N) is 2. The minimum absolute atomic E-state index is 0.130. The zero-order valence-corrected chi connectivity index (χ0v) is 23.6. The van der Waals surface area contributed by atoms with Gasteiger partial charge in [0, 0.05) is 50.1 Å². The topological polar surface area (TPSA) is 201 Å². The number of aromatic amines is 2. The van der Waals surface area contributed by atoms with Crippen molar-refractivity contribution in [1.29, 1.82) is 0 Å². The number of aliphatic hydroxyl groups excluding tert-OH is 1. The van der Waals surface area contributed by atoms with Crippen molar-refractivity contribution in [1.82, 2.24) is 15.0 Å². The van der Waals surface area contributed by atoms with Gasteiger partial charge in [-0.1, -0.05) is 18.2 Å². The van der Waals surface area contributed by atoms with Gasteiger partial charge in [-0.3, -0.25) is 9.79 Å². The summed E-state index contributed by atoms with van der Waals surface area (Å²) in [6.45, 7) is 9.66. The molecule has 0 aliphatic rings. The van der Waals surface area contributed by atoms with E-state index in [1.165, 1.54) is 44.3 Å². The average molecular weight is 529 g/mol. The van der Waals surface area contributed by atoms with E-state index >= 15 is 0 Å². The van der Waals surface area contributed by atoms with Crippen molar-refractivity contribution >= 4 is 47.5 Å². The highest BCUT2D eigenvalue weighted by atomic mass is 32.1. The van der Waals surface area contributed by atoms with E-state index in [0.29, 0.717) is 0 Å². The van der Waals surface area contributed by atoms with E-state index in [4.69, 9.17) is 31.3 Å². The third kappa shape index (κ3) is 40.7. The Balaban J connectivity index is -0.000000109. The number of carbonyl (C=O) groups excluding carboxylic acids is 2. The molecule has 3 rings (SSSR count). The Morgan fingerprint density at radius 2 is 1.44 bits per heavy atom. The molecular formula is C24H44N6O5S. The molecule has 0 bridgehead atoms. The molecule has 0 radical (unpaired) electrons. The fourth-order valence-corrected chi connectivity index (χ4v) is 1.54. The van der Waals surface area contributed by atoms with Crippen LogP contribution in [-0.2, 0) is 14.4 Å². The number of aliphatic carboxylic acids is 1. The van der Waals surface area contributed by atoms with Crippen LogP contribution in [0.1, 0.15) is 39.0 Å². The van der Waals surface area contributed by atoms with Gasteiger partial charge in [0.25, 0.3) is 5.97 Å². The van der Waals surface area contributed by atoms with Gasteiger partial charge in [0.15, 0.2) is 5.96 Å². The van der Waals surface area contributed by atoms with Crippen LogP contribution in [0, 0.1) is 13.8 Å². The third-order valence-electron chi connectivity index (χ3n) is 2.69. The van der Waals surface area contributed by atoms with Crippen LogP contribution in [0.3, 0.4) is 0 Å². The van der Waals surface area contributed by atoms with Crippen molar-refractivity contribution in [3.8, 4) is 0 Å². The number of hydrogen-bond acceptors (Lipinski definition) is 7. The Bertz CT molecular complexity index is 889. The molecule has 2 heterocycles. The van der Waals surface area contributed by atoms with Crippen molar-refractivity contribution in [3.63, 3.8) is 0 Å². The summed E-state index contributed by atoms with van der Waals surface area (Å²) < 4.78 is 0. The number of guanidine groups is 1. The molecule has 0 fully saturated rings. The number of carboxylic acid groups (broad SMARTS) is 1. The van der Waals surface area contributed by atoms with Gasteiger partial charge in [0.05, 0.1) is 6.33 Å². The molecule has 0 aliphatic carbocycles. The molecule has 0 amide bonds. The van der Waals surface area contributed by atoms with Crippen molar-refractivity contribution in [2.75, 3.05) is 20.4 Å². The highest BCUT2D eigenvalue weighted by Gasteiger charge is 1.94. The van der Waals surface area contributed by atoms with Crippen molar-refractivity contribution in [3.05, 3.63) is 54.2 Å². The molecule has 0 saturated carbocycles. The summed E-state index contributed by atoms with van der Waals surface area (Å²) >= 11 is 3.53. The first kappa shape index (κ1) is 42.5. The van der Waals surface area contributed by atoms with E-state index in [-0.39, 0.29) is 11.7 Å². The quantitative estimate of drug-likeness (QED) is 0.0997. The summed E-state index contributed by atoms with van der Waals surface area (Å²) in [5.41, 5.74) is 13.3. The Morgan fingerprint density at radius 1 is 1.06 bits per heavy atom. The number of rotatable bonds is 0. The fourth-order valence-electron chi connectivity index (χ4n) is 1.54. The number of H-pyrrole nitrogens is 2. The number of nitrogens with two attached hydrogens (primary N) is 2. The van der Waals surface area contributed by atoms with Crippen LogP contribution in [0.4, 0.5) is 0 Å². The Hall–Kier alpha value is -3.64. The molecule has 0 atom stereocenters. The molecule has 0 saturated heterocycles. The number of aryl methyl sites for hydroxylation is 2. The molecule has 0 spiro atoms. The number of ketones is 1. The smallest absolute Gasteiger partial charge is 0.300 e. The van der Waals surface area contributed by atoms with E-state index in [1.807, 2.05) is 19.2 Å². The molecule has 0 unspecified atom stereocenters. The monoisotopic (exact) mass is 528 g/mol. The zero-order chi connectivity index (χ0) is 29.5. The third-order valence-corrected chi connectivity index (χ3v) is 2.69. The number of hydrogen-bond donors (Lipinski definition) is 7. The van der Waals surface area contributed by atoms with Crippen molar-refractivity contribution in [2.45, 2.75) is 41.5 Å². The number of aromatic nitrogens is 3. The predicted molar refractivity (Wildman–Crippen MR) is 153 cm³/mol. The number of Topliss-reactive ketones (excluding diaryl/α,β-unsaturated/α-hetero) is 1. The summed E-state index contributed by atoms with van der Waals surface area (Å²) in [6.07, 6.45) is 7.92. The van der Waals surface area contributed by atoms with E-state index < -0.39 is 5.97 Å². The second-order valence-electron chi connectivity index (χ2n) is 6.06. The van der Waals surface area contributed by atoms with Gasteiger partial charge in [-0.05, 0) is 52.5 Å². The lowest BCUT2D eigenvalue weighted by Gasteiger charge is -1.86. The molecule has 8 N–H and O–H groups in total. The first-order chi connectivity index (χ1) is 16.9. The number of para-hydroxylation sites is 1. The van der Waals surface area contributed by atoms with Gasteiger partial charge in [0.1, 0.15) is 12.1 Å². The van der Waals surface area contributed by atoms with Gasteiger partial charge >= 0.3 is 0 Å². The number of aldehydes is 1. The van der Waals surface area contributed by atoms with Crippen LogP contribution in [0.2, 0.25) is 0 Å². The Kier molecular flexibility index (Phi) is 39.6. The maximum atomic E-state index is 9.44. The maximum absolute atomic E-state index is 9.44. The molecule has 206 valence electrons. The molecule has 2 aromatic heterocycles. The molecular weight excluding hydrogens is 484 g/mol. The number of aliphatic imine (C=N–C) groups is 1. The second kappa shape index (κ2) is 33.5. The van der Waals surface area contributed by atoms with E-state index in [2.05, 4.69) is 57.7 Å². The minimum atomic E-state index is -0.833. The lowest BCUT2D eigenvalue weighted by Crippen LogP contribution is -2.21. The summed E-state index contributed by atoms with van der Waals surface area (Å²) in [5.74, 6) is -0.537. The SMILES string of the molecule is CC(=O)O.CC(C)=O.CC=O.CN=C(N)N.CO.CS.Cc1c[nH]c2ccccc12.Cc1cnc[nH]1. The minimum Gasteiger partial charge on any atom is -0.481 e. The Labute approximate surface area is 219 Å². The summed E-state index contributed by atoms with van der Waals surface area (Å²) in [7, 11) is 2.54. The van der Waals surface area contributed by atoms with Gasteiger partial charge in [-0.15, -0.1) is 0 Å². The average Bonchev–Trinajstić information content (AvgIpc) is 3.46. The summed E-state index contributed by atoms with van der Waals surface area (Å²) in [5, 5.41) is 15.7. The number of aliphatic hydroxyl groups is 1. The highest BCUT2D eigenvalue weighted by Crippen LogP contribution is 2.15. The molecule has 12 heteroatoms. The fraction of sp³-hybridized carbons (Fsp3) is 0.375. The van der Waals surface area contributed by atoms with Crippen LogP contribution >= 0.6 is 12.6 Å². The molecule has 1 aromatic carbocycles. The Morgan fingerprint density at radius 3 is 1.69 bits per heavy atom. The van der Waals surface area contributed by atoms with Crippen LogP contribution < -0.4 is 11.5 Å². The van der Waals surface area contributed by atoms with Crippen LogP contribution in [-0.4, -0.2) is 69.6 Å². The number of carboxylic acids is 1. The lowest BCUT2D eigenvalue weighted by molar-refractivity contribution is -0.134. The van der Waals surface area contributed by atoms with Gasteiger partial charge in [-0.2, -0.15) is 12.6 Å². The normalized spacial score (nSPS) is 7.42. The lowest BCUT2D eigenvalue weighted by atomic mass is 10.2. The molecule has 11 nitrogen and oxygen atoms in total. The molecule has 36 heavy (non-hydrogen) atoms. The van der Waals surface area contributed by atoms with Crippen LogP contribution in [0.15, 0.2) is 48.0 Å². The number of carbonyl (C=O) groups is 3. The molecule has 0 aliphatic heterocycles. The molecule has 3 aromatic rings. The number of thiol groups is 1. The number of benzene rings is 1. The van der Waals surface area contributed by atoms with Crippen LogP contribution in [0.5, 0.6) is 0 Å². The predicted octanol–water partition coefficient (Wildman–Crippen LogP) is 3.13. The highest BCUT2D eigenvalue weighted by molar-refractivity contribution is 7.79. The van der Waals surface area contributed by atoms with E-state index in [0.717, 1.165) is 26.0 Å². The number of nitrogens with zero attached hydrogens (tertiary/aromatic N) is 2. The summed E-state index contributed by atoms with van der Waals surface area (Å²) in [6, 6.07) is 8.31. The van der Waals surface area contributed by atoms with Crippen molar-refractivity contribution in [2.24, 2.45) is 16.5 Å². The first-order valence-corrected chi connectivity index (χ1v) is 11.2. The van der Waals surface area contributed by atoms with Crippen molar-refractivity contribution < 1.29 is 24.6 Å². The summed E-state index contributed by atoms with van der Waals surface area (Å²) in [4.78, 5) is 40.5. The van der Waals surface area contributed by atoms with E-state index in [9.17, 15) is 4.79 Å². The maximum Gasteiger partial charge on any atom is 0.300 e. The van der Waals surface area contributed by atoms with Gasteiger partial charge in [-0.25, -0.2) is 4.98 Å². The number of fused-ring (bicyclic) bond motifs is 1. The van der Waals surface area contributed by atoms with Crippen LogP contribution in [0.25, 0.3) is 10.9 Å². The standard InChI is InChI=1S/C9H9N.C4H6N2.C3H6O.C2H7N3.C2H4O2.C2H4O.CH4O.CH4S/c1-7-6-10-9-5-3-2-4-8(7)9;1-4-2-5-3-6-4;1-3(2)4;1-5-2(3)4;1-2(3)4;1-2-3;2*1-2/h2-6,10H,1H3;2-3H,1H3,(H,5,6);1-2H3;1H3,(H4,3,4,5);1H3,(H,3,4);2H,1H3;2*2H,1H3. The largest absolute Gasteiger partial charge is 0.481 e. The second-order valence-corrected chi connectivity index (χ2v) is 6.06. The first-order valence-electron chi connectivity index (χ1n) is 10.3. The van der Waals surface area contributed by atoms with Gasteiger partial charge in [0.2, 0.25) is 0 Å².